The summed E-state index contributed by atoms with van der Waals surface area (Å²) in [6.07, 6.45) is 2.66. The van der Waals surface area contributed by atoms with Crippen LogP contribution in [0.1, 0.15) is 25.3 Å². The molecular formula is C15H21N3O2. The van der Waals surface area contributed by atoms with Crippen molar-refractivity contribution >= 4 is 17.6 Å². The number of amides is 3. The molecule has 0 atom stereocenters. The number of hydrogen-bond donors (Lipinski definition) is 2. The summed E-state index contributed by atoms with van der Waals surface area (Å²) in [5.41, 5.74) is 1.71. The van der Waals surface area contributed by atoms with Crippen LogP contribution in [0.2, 0.25) is 0 Å². The first kappa shape index (κ1) is 14.4. The Hall–Kier alpha value is -2.04. The summed E-state index contributed by atoms with van der Waals surface area (Å²) in [5.74, 6) is 0.187. The number of nitrogens with zero attached hydrogens (tertiary/aromatic N) is 1. The van der Waals surface area contributed by atoms with Gasteiger partial charge in [-0.05, 0) is 37.5 Å². The average molecular weight is 275 g/mol. The minimum atomic E-state index is -0.214. The number of benzene rings is 1. The highest BCUT2D eigenvalue weighted by atomic mass is 16.2. The second-order valence-corrected chi connectivity index (χ2v) is 4.95. The van der Waals surface area contributed by atoms with Crippen molar-refractivity contribution in [2.45, 2.75) is 26.2 Å². The van der Waals surface area contributed by atoms with Crippen molar-refractivity contribution in [2.24, 2.45) is 0 Å². The summed E-state index contributed by atoms with van der Waals surface area (Å²) < 4.78 is 0. The van der Waals surface area contributed by atoms with Gasteiger partial charge in [0, 0.05) is 25.3 Å². The number of anilines is 1. The first-order valence-electron chi connectivity index (χ1n) is 7.10. The van der Waals surface area contributed by atoms with E-state index in [1.807, 2.05) is 36.1 Å². The van der Waals surface area contributed by atoms with E-state index >= 15 is 0 Å². The van der Waals surface area contributed by atoms with Gasteiger partial charge in [0.05, 0.1) is 6.42 Å². The summed E-state index contributed by atoms with van der Waals surface area (Å²) in [6, 6.07) is 7.20. The Morgan fingerprint density at radius 3 is 2.40 bits per heavy atom. The van der Waals surface area contributed by atoms with Gasteiger partial charge in [0.25, 0.3) is 0 Å². The molecule has 0 aliphatic carbocycles. The largest absolute Gasteiger partial charge is 0.342 e. The van der Waals surface area contributed by atoms with Crippen molar-refractivity contribution in [3.05, 3.63) is 29.8 Å². The number of rotatable bonds is 4. The van der Waals surface area contributed by atoms with Crippen LogP contribution in [0.25, 0.3) is 0 Å². The lowest BCUT2D eigenvalue weighted by Gasteiger charge is -2.15. The predicted molar refractivity (Wildman–Crippen MR) is 78.7 cm³/mol. The molecule has 0 unspecified atom stereocenters. The topological polar surface area (TPSA) is 61.4 Å². The van der Waals surface area contributed by atoms with Crippen LogP contribution < -0.4 is 10.6 Å². The van der Waals surface area contributed by atoms with E-state index in [1.165, 1.54) is 0 Å². The van der Waals surface area contributed by atoms with Crippen LogP contribution >= 0.6 is 0 Å². The lowest BCUT2D eigenvalue weighted by Crippen LogP contribution is -2.29. The second kappa shape index (κ2) is 6.93. The fraction of sp³-hybridized carbons (Fsp3) is 0.467. The molecule has 0 saturated carbocycles. The molecule has 5 heteroatoms. The minimum Gasteiger partial charge on any atom is -0.342 e. The fourth-order valence-electron chi connectivity index (χ4n) is 2.29. The van der Waals surface area contributed by atoms with Crippen molar-refractivity contribution in [3.8, 4) is 0 Å². The molecule has 1 aromatic carbocycles. The third-order valence-electron chi connectivity index (χ3n) is 3.36. The number of carbonyl (C=O) groups is 2. The Kier molecular flexibility index (Phi) is 4.98. The van der Waals surface area contributed by atoms with Gasteiger partial charge >= 0.3 is 6.03 Å². The van der Waals surface area contributed by atoms with E-state index in [0.717, 1.165) is 37.2 Å². The lowest BCUT2D eigenvalue weighted by atomic mass is 10.1. The highest BCUT2D eigenvalue weighted by Gasteiger charge is 2.17. The molecule has 5 nitrogen and oxygen atoms in total. The Labute approximate surface area is 119 Å². The maximum absolute atomic E-state index is 12.0. The van der Waals surface area contributed by atoms with Gasteiger partial charge in [0.15, 0.2) is 0 Å². The highest BCUT2D eigenvalue weighted by molar-refractivity contribution is 5.89. The van der Waals surface area contributed by atoms with Crippen LogP contribution in [0.5, 0.6) is 0 Å². The number of hydrogen-bond acceptors (Lipinski definition) is 2. The van der Waals surface area contributed by atoms with Crippen LogP contribution in [0.3, 0.4) is 0 Å². The predicted octanol–water partition coefficient (Wildman–Crippen LogP) is 1.99. The molecular weight excluding hydrogens is 254 g/mol. The summed E-state index contributed by atoms with van der Waals surface area (Å²) in [5, 5.41) is 5.40. The molecule has 0 radical (unpaired) electrons. The zero-order valence-electron chi connectivity index (χ0n) is 11.8. The first-order chi connectivity index (χ1) is 9.69. The molecule has 0 aromatic heterocycles. The van der Waals surface area contributed by atoms with Gasteiger partial charge < -0.3 is 15.5 Å². The van der Waals surface area contributed by atoms with E-state index in [2.05, 4.69) is 10.6 Å². The van der Waals surface area contributed by atoms with Crippen molar-refractivity contribution in [2.75, 3.05) is 25.0 Å². The third kappa shape index (κ3) is 3.98. The second-order valence-electron chi connectivity index (χ2n) is 4.95. The quantitative estimate of drug-likeness (QED) is 0.882. The molecule has 108 valence electrons. The molecule has 3 amide bonds. The summed E-state index contributed by atoms with van der Waals surface area (Å²) in [4.78, 5) is 25.3. The van der Waals surface area contributed by atoms with E-state index in [4.69, 9.17) is 0 Å². The molecule has 1 aliphatic rings. The number of nitrogens with one attached hydrogen (secondary N) is 2. The van der Waals surface area contributed by atoms with Gasteiger partial charge in [-0.1, -0.05) is 12.1 Å². The zero-order valence-corrected chi connectivity index (χ0v) is 11.8. The molecule has 1 fully saturated rings. The van der Waals surface area contributed by atoms with Gasteiger partial charge in [-0.3, -0.25) is 4.79 Å². The van der Waals surface area contributed by atoms with Gasteiger partial charge in [-0.25, -0.2) is 4.79 Å². The third-order valence-corrected chi connectivity index (χ3v) is 3.36. The Balaban J connectivity index is 1.87. The molecule has 1 saturated heterocycles. The Bertz CT molecular complexity index is 465. The van der Waals surface area contributed by atoms with Gasteiger partial charge in [0.2, 0.25) is 5.91 Å². The lowest BCUT2D eigenvalue weighted by molar-refractivity contribution is -0.129. The van der Waals surface area contributed by atoms with E-state index in [0.29, 0.717) is 13.0 Å². The maximum Gasteiger partial charge on any atom is 0.319 e. The van der Waals surface area contributed by atoms with E-state index in [-0.39, 0.29) is 11.9 Å². The SMILES string of the molecule is CCNC(=O)Nc1ccc(CC(=O)N2CCCC2)cc1. The number of urea groups is 1. The molecule has 1 aromatic rings. The highest BCUT2D eigenvalue weighted by Crippen LogP contribution is 2.13. The van der Waals surface area contributed by atoms with Crippen LogP contribution in [-0.2, 0) is 11.2 Å². The van der Waals surface area contributed by atoms with Crippen molar-refractivity contribution < 1.29 is 9.59 Å². The smallest absolute Gasteiger partial charge is 0.319 e. The van der Waals surface area contributed by atoms with E-state index < -0.39 is 0 Å². The summed E-state index contributed by atoms with van der Waals surface area (Å²) in [6.45, 7) is 4.23. The monoisotopic (exact) mass is 275 g/mol. The molecule has 2 rings (SSSR count). The van der Waals surface area contributed by atoms with Gasteiger partial charge in [-0.2, -0.15) is 0 Å². The Morgan fingerprint density at radius 2 is 1.80 bits per heavy atom. The normalized spacial score (nSPS) is 14.2. The van der Waals surface area contributed by atoms with Gasteiger partial charge in [-0.15, -0.1) is 0 Å². The van der Waals surface area contributed by atoms with Gasteiger partial charge in [0.1, 0.15) is 0 Å². The van der Waals surface area contributed by atoms with Crippen molar-refractivity contribution in [3.63, 3.8) is 0 Å². The Morgan fingerprint density at radius 1 is 1.15 bits per heavy atom. The van der Waals surface area contributed by atoms with E-state index in [1.54, 1.807) is 0 Å². The summed E-state index contributed by atoms with van der Waals surface area (Å²) in [7, 11) is 0. The van der Waals surface area contributed by atoms with Crippen molar-refractivity contribution in [1.29, 1.82) is 0 Å². The van der Waals surface area contributed by atoms with Crippen LogP contribution in [-0.4, -0.2) is 36.5 Å². The average Bonchev–Trinajstić information content (AvgIpc) is 2.95. The van der Waals surface area contributed by atoms with Crippen LogP contribution in [0, 0.1) is 0 Å². The van der Waals surface area contributed by atoms with Crippen molar-refractivity contribution in [1.82, 2.24) is 10.2 Å². The molecule has 2 N–H and O–H groups in total. The molecule has 1 aliphatic heterocycles. The minimum absolute atomic E-state index is 0.187. The van der Waals surface area contributed by atoms with E-state index in [9.17, 15) is 9.59 Å². The summed E-state index contributed by atoms with van der Waals surface area (Å²) >= 11 is 0. The van der Waals surface area contributed by atoms with Crippen LogP contribution in [0.4, 0.5) is 10.5 Å². The van der Waals surface area contributed by atoms with Crippen LogP contribution in [0.15, 0.2) is 24.3 Å². The molecule has 1 heterocycles. The molecule has 0 bridgehead atoms. The standard InChI is InChI=1S/C15H21N3O2/c1-2-16-15(20)17-13-7-5-12(6-8-13)11-14(19)18-9-3-4-10-18/h5-8H,2-4,9-11H2,1H3,(H2,16,17,20). The zero-order chi connectivity index (χ0) is 14.4. The first-order valence-corrected chi connectivity index (χ1v) is 7.10. The number of likely N-dealkylation sites (tertiary alicyclic amines) is 1. The number of carbonyl (C=O) groups excluding carboxylic acids is 2. The molecule has 20 heavy (non-hydrogen) atoms. The molecule has 0 spiro atoms. The fourth-order valence-corrected chi connectivity index (χ4v) is 2.29. The maximum atomic E-state index is 12.0.